The lowest BCUT2D eigenvalue weighted by Crippen LogP contribution is -2.29. The van der Waals surface area contributed by atoms with Crippen molar-refractivity contribution in [3.05, 3.63) is 18.0 Å². The summed E-state index contributed by atoms with van der Waals surface area (Å²) in [6.07, 6.45) is 2.17. The molecule has 0 bridgehead atoms. The van der Waals surface area contributed by atoms with Crippen LogP contribution in [0, 0.1) is 0 Å². The van der Waals surface area contributed by atoms with E-state index in [9.17, 15) is 4.79 Å². The van der Waals surface area contributed by atoms with Gasteiger partial charge in [0.05, 0.1) is 6.20 Å². The topological polar surface area (TPSA) is 48.4 Å². The summed E-state index contributed by atoms with van der Waals surface area (Å²) < 4.78 is 10.8. The number of carbonyl (C=O) groups is 1. The van der Waals surface area contributed by atoms with Crippen molar-refractivity contribution >= 4 is 6.29 Å². The van der Waals surface area contributed by atoms with Crippen LogP contribution in [0.15, 0.2) is 12.3 Å². The van der Waals surface area contributed by atoms with Gasteiger partial charge in [0.25, 0.3) is 0 Å². The standard InChI is InChI=1S/C9H9NO3/c1-9(2)12-7-3-6(5-11)10-4-8(7)13-9/h3-5H,1-2H3. The molecule has 0 amide bonds. The summed E-state index contributed by atoms with van der Waals surface area (Å²) in [6, 6.07) is 1.57. The summed E-state index contributed by atoms with van der Waals surface area (Å²) in [5.74, 6) is 0.489. The fourth-order valence-electron chi connectivity index (χ4n) is 1.21. The van der Waals surface area contributed by atoms with Gasteiger partial charge in [0.1, 0.15) is 5.69 Å². The molecule has 0 atom stereocenters. The molecule has 0 saturated heterocycles. The molecule has 13 heavy (non-hydrogen) atoms. The average Bonchev–Trinajstić information content (AvgIpc) is 2.36. The Bertz CT molecular complexity index is 360. The maximum absolute atomic E-state index is 10.4. The molecule has 68 valence electrons. The number of hydrogen-bond donors (Lipinski definition) is 0. The zero-order valence-electron chi connectivity index (χ0n) is 7.40. The molecule has 1 aromatic rings. The highest BCUT2D eigenvalue weighted by Gasteiger charge is 2.31. The van der Waals surface area contributed by atoms with Crippen molar-refractivity contribution in [2.24, 2.45) is 0 Å². The predicted molar refractivity (Wildman–Crippen MR) is 45.0 cm³/mol. The lowest BCUT2D eigenvalue weighted by atomic mass is 10.3. The van der Waals surface area contributed by atoms with Crippen LogP contribution >= 0.6 is 0 Å². The zero-order valence-corrected chi connectivity index (χ0v) is 7.40. The fourth-order valence-corrected chi connectivity index (χ4v) is 1.21. The highest BCUT2D eigenvalue weighted by Crippen LogP contribution is 2.38. The molecule has 2 rings (SSSR count). The van der Waals surface area contributed by atoms with Gasteiger partial charge in [-0.2, -0.15) is 0 Å². The minimum absolute atomic E-state index is 0.347. The Balaban J connectivity index is 2.41. The number of rotatable bonds is 1. The summed E-state index contributed by atoms with van der Waals surface area (Å²) in [5, 5.41) is 0. The van der Waals surface area contributed by atoms with E-state index >= 15 is 0 Å². The Kier molecular flexibility index (Phi) is 1.52. The van der Waals surface area contributed by atoms with Crippen LogP contribution in [0.2, 0.25) is 0 Å². The van der Waals surface area contributed by atoms with Gasteiger partial charge in [-0.25, -0.2) is 4.98 Å². The molecule has 4 nitrogen and oxygen atoms in total. The Morgan fingerprint density at radius 2 is 2.08 bits per heavy atom. The molecule has 1 aromatic heterocycles. The number of ether oxygens (including phenoxy) is 2. The highest BCUT2D eigenvalue weighted by molar-refractivity contribution is 5.73. The SMILES string of the molecule is CC1(C)Oc2cnc(C=O)cc2O1. The number of aromatic nitrogens is 1. The Morgan fingerprint density at radius 3 is 2.77 bits per heavy atom. The van der Waals surface area contributed by atoms with Gasteiger partial charge in [0, 0.05) is 19.9 Å². The van der Waals surface area contributed by atoms with Crippen molar-refractivity contribution < 1.29 is 14.3 Å². The maximum atomic E-state index is 10.4. The van der Waals surface area contributed by atoms with Crippen LogP contribution in [0.4, 0.5) is 0 Å². The van der Waals surface area contributed by atoms with Crippen molar-refractivity contribution in [2.75, 3.05) is 0 Å². The van der Waals surface area contributed by atoms with E-state index in [4.69, 9.17) is 9.47 Å². The van der Waals surface area contributed by atoms with Crippen molar-refractivity contribution in [2.45, 2.75) is 19.6 Å². The number of fused-ring (bicyclic) bond motifs is 1. The molecule has 0 N–H and O–H groups in total. The second-order valence-electron chi connectivity index (χ2n) is 3.28. The number of nitrogens with zero attached hydrogens (tertiary/aromatic N) is 1. The lowest BCUT2D eigenvalue weighted by molar-refractivity contribution is -0.0432. The van der Waals surface area contributed by atoms with Crippen LogP contribution in [0.25, 0.3) is 0 Å². The summed E-state index contributed by atoms with van der Waals surface area (Å²) in [7, 11) is 0. The molecule has 0 aromatic carbocycles. The molecule has 0 fully saturated rings. The third-order valence-corrected chi connectivity index (χ3v) is 1.68. The monoisotopic (exact) mass is 179 g/mol. The Labute approximate surface area is 75.5 Å². The summed E-state index contributed by atoms with van der Waals surface area (Å²) in [5.41, 5.74) is 0.347. The number of hydrogen-bond acceptors (Lipinski definition) is 4. The minimum Gasteiger partial charge on any atom is -0.449 e. The first-order chi connectivity index (χ1) is 6.11. The van der Waals surface area contributed by atoms with Crippen molar-refractivity contribution in [1.82, 2.24) is 4.98 Å². The molecule has 0 saturated carbocycles. The molecular formula is C9H9NO3. The second-order valence-corrected chi connectivity index (χ2v) is 3.28. The van der Waals surface area contributed by atoms with Gasteiger partial charge >= 0.3 is 0 Å². The molecular weight excluding hydrogens is 170 g/mol. The first kappa shape index (κ1) is 8.04. The molecule has 0 aliphatic carbocycles. The van der Waals surface area contributed by atoms with Gasteiger partial charge in [0.15, 0.2) is 17.8 Å². The molecule has 0 unspecified atom stereocenters. The normalized spacial score (nSPS) is 17.1. The minimum atomic E-state index is -0.661. The van der Waals surface area contributed by atoms with E-state index in [0.29, 0.717) is 23.5 Å². The van der Waals surface area contributed by atoms with E-state index in [2.05, 4.69) is 4.98 Å². The quantitative estimate of drug-likeness (QED) is 0.611. The third-order valence-electron chi connectivity index (χ3n) is 1.68. The first-order valence-electron chi connectivity index (χ1n) is 3.94. The van der Waals surface area contributed by atoms with E-state index in [1.165, 1.54) is 6.20 Å². The predicted octanol–water partition coefficient (Wildman–Crippen LogP) is 1.40. The number of carbonyl (C=O) groups excluding carboxylic acids is 1. The molecule has 4 heteroatoms. The van der Waals surface area contributed by atoms with E-state index in [1.807, 2.05) is 0 Å². The lowest BCUT2D eigenvalue weighted by Gasteiger charge is -2.15. The fraction of sp³-hybridized carbons (Fsp3) is 0.333. The Hall–Kier alpha value is -1.58. The number of aldehydes is 1. The van der Waals surface area contributed by atoms with Gasteiger partial charge < -0.3 is 9.47 Å². The summed E-state index contributed by atoms with van der Waals surface area (Å²) in [6.45, 7) is 3.60. The van der Waals surface area contributed by atoms with Gasteiger partial charge in [0.2, 0.25) is 5.79 Å². The van der Waals surface area contributed by atoms with E-state index in [1.54, 1.807) is 19.9 Å². The first-order valence-corrected chi connectivity index (χ1v) is 3.94. The largest absolute Gasteiger partial charge is 0.449 e. The van der Waals surface area contributed by atoms with E-state index < -0.39 is 5.79 Å². The summed E-state index contributed by atoms with van der Waals surface area (Å²) in [4.78, 5) is 14.3. The smallest absolute Gasteiger partial charge is 0.246 e. The van der Waals surface area contributed by atoms with Crippen molar-refractivity contribution in [3.8, 4) is 11.5 Å². The van der Waals surface area contributed by atoms with E-state index in [-0.39, 0.29) is 0 Å². The molecule has 1 aliphatic heterocycles. The van der Waals surface area contributed by atoms with Gasteiger partial charge in [-0.15, -0.1) is 0 Å². The molecule has 1 aliphatic rings. The molecule has 2 heterocycles. The van der Waals surface area contributed by atoms with E-state index in [0.717, 1.165) is 0 Å². The van der Waals surface area contributed by atoms with Gasteiger partial charge in [-0.1, -0.05) is 0 Å². The average molecular weight is 179 g/mol. The van der Waals surface area contributed by atoms with Crippen LogP contribution in [-0.4, -0.2) is 17.1 Å². The summed E-state index contributed by atoms with van der Waals surface area (Å²) >= 11 is 0. The van der Waals surface area contributed by atoms with Gasteiger partial charge in [-0.3, -0.25) is 4.79 Å². The number of pyridine rings is 1. The molecule has 0 spiro atoms. The zero-order chi connectivity index (χ0) is 9.47. The van der Waals surface area contributed by atoms with Crippen LogP contribution < -0.4 is 9.47 Å². The molecule has 0 radical (unpaired) electrons. The third kappa shape index (κ3) is 1.35. The Morgan fingerprint density at radius 1 is 1.38 bits per heavy atom. The van der Waals surface area contributed by atoms with Gasteiger partial charge in [-0.05, 0) is 0 Å². The van der Waals surface area contributed by atoms with Crippen molar-refractivity contribution in [1.29, 1.82) is 0 Å². The van der Waals surface area contributed by atoms with Crippen LogP contribution in [-0.2, 0) is 0 Å². The van der Waals surface area contributed by atoms with Crippen molar-refractivity contribution in [3.63, 3.8) is 0 Å². The van der Waals surface area contributed by atoms with Crippen LogP contribution in [0.3, 0.4) is 0 Å². The second kappa shape index (κ2) is 2.45. The maximum Gasteiger partial charge on any atom is 0.246 e. The highest BCUT2D eigenvalue weighted by atomic mass is 16.7. The van der Waals surface area contributed by atoms with Crippen LogP contribution in [0.1, 0.15) is 24.3 Å². The van der Waals surface area contributed by atoms with Crippen LogP contribution in [0.5, 0.6) is 11.5 Å².